The Morgan fingerprint density at radius 3 is 2.67 bits per heavy atom. The Balaban J connectivity index is 1.16. The van der Waals surface area contributed by atoms with Crippen molar-refractivity contribution in [3.63, 3.8) is 0 Å². The molecule has 3 saturated carbocycles. The van der Waals surface area contributed by atoms with Crippen LogP contribution in [0.15, 0.2) is 0 Å². The zero-order valence-electron chi connectivity index (χ0n) is 20.4. The molecule has 3 heterocycles. The Labute approximate surface area is 208 Å². The van der Waals surface area contributed by atoms with Gasteiger partial charge in [-0.05, 0) is 50.9 Å². The number of cyclic esters (lactones) is 1. The van der Waals surface area contributed by atoms with E-state index >= 15 is 0 Å². The van der Waals surface area contributed by atoms with Crippen molar-refractivity contribution in [3.8, 4) is 0 Å². The van der Waals surface area contributed by atoms with Crippen molar-refractivity contribution in [1.82, 2.24) is 9.97 Å². The van der Waals surface area contributed by atoms with Crippen molar-refractivity contribution in [2.75, 3.05) is 42.5 Å². The van der Waals surface area contributed by atoms with Gasteiger partial charge in [-0.25, -0.2) is 0 Å². The van der Waals surface area contributed by atoms with E-state index < -0.39 is 24.1 Å². The lowest BCUT2D eigenvalue weighted by atomic mass is 9.61. The average Bonchev–Trinajstić information content (AvgIpc) is 3.51. The summed E-state index contributed by atoms with van der Waals surface area (Å²) in [7, 11) is 1.57. The second kappa shape index (κ2) is 10.2. The van der Waals surface area contributed by atoms with Crippen LogP contribution in [0.2, 0.25) is 0 Å². The Kier molecular flexibility index (Phi) is 6.96. The molecular formula is C24H32FN5O6. The van der Waals surface area contributed by atoms with Gasteiger partial charge in [-0.3, -0.25) is 14.4 Å². The fourth-order valence-corrected chi connectivity index (χ4v) is 5.69. The zero-order chi connectivity index (χ0) is 25.3. The number of amides is 1. The van der Waals surface area contributed by atoms with Crippen LogP contribution in [0.25, 0.3) is 0 Å². The van der Waals surface area contributed by atoms with Crippen LogP contribution in [-0.2, 0) is 28.6 Å². The molecule has 5 aliphatic rings. The topological polar surface area (TPSA) is 132 Å². The highest BCUT2D eigenvalue weighted by atomic mass is 19.1. The summed E-state index contributed by atoms with van der Waals surface area (Å²) in [5.41, 5.74) is 0.0678. The number of esters is 2. The van der Waals surface area contributed by atoms with E-state index in [1.807, 2.05) is 0 Å². The fraction of sp³-hybridized carbons (Fsp3) is 0.708. The monoisotopic (exact) mass is 505 g/mol. The fourth-order valence-electron chi connectivity index (χ4n) is 5.69. The SMILES string of the molecule is COC(CCN1CNc2c(NC(=O)C3CCC(=O)O3)nc(F)nc21)COC(=O)C12CCC(CC1)CC2. The summed E-state index contributed by atoms with van der Waals surface area (Å²) in [4.78, 5) is 46.0. The van der Waals surface area contributed by atoms with Crippen molar-refractivity contribution in [2.24, 2.45) is 11.3 Å². The van der Waals surface area contributed by atoms with E-state index in [9.17, 15) is 18.8 Å². The van der Waals surface area contributed by atoms with Gasteiger partial charge in [0.25, 0.3) is 5.91 Å². The minimum Gasteiger partial charge on any atom is -0.463 e. The Morgan fingerprint density at radius 2 is 2.00 bits per heavy atom. The predicted molar refractivity (Wildman–Crippen MR) is 126 cm³/mol. The van der Waals surface area contributed by atoms with Crippen LogP contribution in [0.3, 0.4) is 0 Å². The third-order valence-electron chi connectivity index (χ3n) is 8.01. The summed E-state index contributed by atoms with van der Waals surface area (Å²) in [6.07, 6.45) is 4.79. The first-order chi connectivity index (χ1) is 17.4. The Bertz CT molecular complexity index is 1020. The van der Waals surface area contributed by atoms with Crippen molar-refractivity contribution < 1.29 is 33.0 Å². The van der Waals surface area contributed by atoms with E-state index in [0.29, 0.717) is 31.1 Å². The van der Waals surface area contributed by atoms with E-state index in [1.54, 1.807) is 12.0 Å². The van der Waals surface area contributed by atoms with Crippen LogP contribution in [0.5, 0.6) is 0 Å². The molecule has 0 aromatic carbocycles. The Morgan fingerprint density at radius 1 is 1.25 bits per heavy atom. The number of rotatable bonds is 9. The van der Waals surface area contributed by atoms with Gasteiger partial charge in [-0.1, -0.05) is 0 Å². The van der Waals surface area contributed by atoms with E-state index in [1.165, 1.54) is 0 Å². The number of halogens is 1. The van der Waals surface area contributed by atoms with Crippen LogP contribution in [0.4, 0.5) is 21.7 Å². The van der Waals surface area contributed by atoms with Gasteiger partial charge in [0, 0.05) is 26.5 Å². The zero-order valence-corrected chi connectivity index (χ0v) is 20.4. The maximum atomic E-state index is 14.2. The molecule has 2 bridgehead atoms. The standard InChI is InChI=1S/C24H32FN5O6/c1-34-15(12-35-22(33)24-8-4-14(5-9-24)6-10-24)7-11-30-13-26-18-19(28-23(25)29-20(18)30)27-21(32)16-2-3-17(31)36-16/h14-16,26H,2-13H2,1H3,(H,27,28,29,32). The van der Waals surface area contributed by atoms with Crippen LogP contribution >= 0.6 is 0 Å². The molecule has 2 N–H and O–H groups in total. The Hall–Kier alpha value is -3.02. The number of anilines is 3. The average molecular weight is 506 g/mol. The second-order valence-corrected chi connectivity index (χ2v) is 10.2. The molecule has 1 amide bonds. The summed E-state index contributed by atoms with van der Waals surface area (Å²) in [5.74, 6) is -0.0427. The second-order valence-electron chi connectivity index (χ2n) is 10.2. The maximum Gasteiger partial charge on any atom is 0.312 e. The van der Waals surface area contributed by atoms with E-state index in [2.05, 4.69) is 20.6 Å². The van der Waals surface area contributed by atoms with Crippen molar-refractivity contribution >= 4 is 35.2 Å². The predicted octanol–water partition coefficient (Wildman–Crippen LogP) is 2.37. The number of nitrogens with one attached hydrogen (secondary N) is 2. The molecule has 2 atom stereocenters. The highest BCUT2D eigenvalue weighted by Crippen LogP contribution is 2.50. The highest BCUT2D eigenvalue weighted by Gasteiger charge is 2.47. The number of nitrogens with zero attached hydrogens (tertiary/aromatic N) is 3. The first-order valence-electron chi connectivity index (χ1n) is 12.6. The molecular weight excluding hydrogens is 473 g/mol. The third-order valence-corrected chi connectivity index (χ3v) is 8.01. The number of hydrogen-bond acceptors (Lipinski definition) is 10. The molecule has 12 heteroatoms. The number of hydrogen-bond donors (Lipinski definition) is 2. The first-order valence-corrected chi connectivity index (χ1v) is 12.6. The largest absolute Gasteiger partial charge is 0.463 e. The van der Waals surface area contributed by atoms with Crippen molar-refractivity contribution in [1.29, 1.82) is 0 Å². The van der Waals surface area contributed by atoms with Gasteiger partial charge in [-0.2, -0.15) is 14.4 Å². The summed E-state index contributed by atoms with van der Waals surface area (Å²) in [6.45, 7) is 0.941. The molecule has 0 spiro atoms. The van der Waals surface area contributed by atoms with Gasteiger partial charge in [0.15, 0.2) is 17.7 Å². The van der Waals surface area contributed by atoms with Gasteiger partial charge in [0.05, 0.1) is 18.2 Å². The number of fused-ring (bicyclic) bond motifs is 4. The summed E-state index contributed by atoms with van der Waals surface area (Å²) < 4.78 is 30.4. The minimum absolute atomic E-state index is 0.00775. The molecule has 0 radical (unpaired) electrons. The molecule has 6 rings (SSSR count). The van der Waals surface area contributed by atoms with E-state index in [-0.39, 0.29) is 42.8 Å². The van der Waals surface area contributed by atoms with Gasteiger partial charge in [0.1, 0.15) is 12.3 Å². The molecule has 2 aliphatic heterocycles. The lowest BCUT2D eigenvalue weighted by Gasteiger charge is -2.44. The molecule has 1 aromatic heterocycles. The molecule has 1 saturated heterocycles. The van der Waals surface area contributed by atoms with Crippen LogP contribution in [0, 0.1) is 17.4 Å². The summed E-state index contributed by atoms with van der Waals surface area (Å²) in [6, 6.07) is 0. The molecule has 4 fully saturated rings. The van der Waals surface area contributed by atoms with Gasteiger partial charge >= 0.3 is 18.0 Å². The third kappa shape index (κ3) is 4.95. The highest BCUT2D eigenvalue weighted by molar-refractivity contribution is 5.99. The molecule has 1 aromatic rings. The number of ether oxygens (including phenoxy) is 3. The number of methoxy groups -OCH3 is 1. The van der Waals surface area contributed by atoms with E-state index in [0.717, 1.165) is 44.4 Å². The summed E-state index contributed by atoms with van der Waals surface area (Å²) >= 11 is 0. The molecule has 36 heavy (non-hydrogen) atoms. The van der Waals surface area contributed by atoms with Gasteiger partial charge in [-0.15, -0.1) is 0 Å². The number of aromatic nitrogens is 2. The number of carbonyl (C=O) groups is 3. The van der Waals surface area contributed by atoms with Crippen molar-refractivity contribution in [3.05, 3.63) is 6.08 Å². The number of carbonyl (C=O) groups excluding carboxylic acids is 3. The molecule has 2 unspecified atom stereocenters. The van der Waals surface area contributed by atoms with E-state index in [4.69, 9.17) is 14.2 Å². The summed E-state index contributed by atoms with van der Waals surface area (Å²) in [5, 5.41) is 5.63. The molecule has 11 nitrogen and oxygen atoms in total. The van der Waals surface area contributed by atoms with Crippen molar-refractivity contribution in [2.45, 2.75) is 70.0 Å². The quantitative estimate of drug-likeness (QED) is 0.381. The van der Waals surface area contributed by atoms with Gasteiger partial charge < -0.3 is 29.7 Å². The molecule has 3 aliphatic carbocycles. The van der Waals surface area contributed by atoms with Gasteiger partial charge in [0.2, 0.25) is 0 Å². The van der Waals surface area contributed by atoms with Crippen LogP contribution in [0.1, 0.15) is 57.8 Å². The minimum atomic E-state index is -0.986. The van der Waals surface area contributed by atoms with Crippen LogP contribution < -0.4 is 15.5 Å². The molecule has 196 valence electrons. The lowest BCUT2D eigenvalue weighted by molar-refractivity contribution is -0.166. The normalized spacial score (nSPS) is 27.3. The first kappa shape index (κ1) is 24.7. The smallest absolute Gasteiger partial charge is 0.312 e. The van der Waals surface area contributed by atoms with Crippen LogP contribution in [-0.4, -0.2) is 67.0 Å². The lowest BCUT2D eigenvalue weighted by Crippen LogP contribution is -2.42. The maximum absolute atomic E-state index is 14.2.